The van der Waals surface area contributed by atoms with Crippen LogP contribution >= 0.6 is 0 Å². The number of aliphatic hydroxyl groups excluding tert-OH is 1. The Labute approximate surface area is 204 Å². The SMILES string of the molecule is [2H]C1([2H])C(=O)[C@@]23CO[C@@H]1[C@H](O)[C@]21O[C@@H]1C[C@H]1[C@@H]2CC[C@H]([C@H](C)[C@H]4CC(C)=C(C)C(=O)O4)[C@@]2(C)CC[C@@H]13. The third-order valence-corrected chi connectivity index (χ3v) is 11.9. The first-order valence-corrected chi connectivity index (χ1v) is 13.3. The maximum atomic E-state index is 13.8. The van der Waals surface area contributed by atoms with E-state index in [-0.39, 0.29) is 48.0 Å². The van der Waals surface area contributed by atoms with Crippen LogP contribution in [0.2, 0.25) is 0 Å². The molecule has 6 nitrogen and oxygen atoms in total. The Morgan fingerprint density at radius 2 is 1.97 bits per heavy atom. The highest BCUT2D eigenvalue weighted by atomic mass is 16.6. The maximum absolute atomic E-state index is 13.8. The molecule has 12 atom stereocenters. The van der Waals surface area contributed by atoms with Crippen molar-refractivity contribution < 1.29 is 31.6 Å². The van der Waals surface area contributed by atoms with Gasteiger partial charge in [0.05, 0.1) is 24.2 Å². The summed E-state index contributed by atoms with van der Waals surface area (Å²) in [5.74, 6) is 0.675. The number of ketones is 1. The number of ether oxygens (including phenoxy) is 3. The number of carbonyl (C=O) groups excluding carboxylic acids is 2. The van der Waals surface area contributed by atoms with E-state index in [1.807, 2.05) is 13.8 Å². The monoisotopic (exact) mass is 472 g/mol. The molecule has 34 heavy (non-hydrogen) atoms. The van der Waals surface area contributed by atoms with Gasteiger partial charge in [-0.2, -0.15) is 0 Å². The molecule has 0 aromatic heterocycles. The largest absolute Gasteiger partial charge is 0.458 e. The van der Waals surface area contributed by atoms with Crippen molar-refractivity contribution in [3.63, 3.8) is 0 Å². The second-order valence-corrected chi connectivity index (χ2v) is 12.8. The van der Waals surface area contributed by atoms with Gasteiger partial charge in [-0.15, -0.1) is 0 Å². The van der Waals surface area contributed by atoms with Gasteiger partial charge in [-0.3, -0.25) is 4.79 Å². The quantitative estimate of drug-likeness (QED) is 0.488. The van der Waals surface area contributed by atoms with E-state index < -0.39 is 35.4 Å². The number of rotatable bonds is 2. The topological polar surface area (TPSA) is 85.4 Å². The molecular formula is C28H38O6. The Kier molecular flexibility index (Phi) is 3.94. The molecule has 4 aliphatic carbocycles. The summed E-state index contributed by atoms with van der Waals surface area (Å²) in [7, 11) is 0. The highest BCUT2D eigenvalue weighted by molar-refractivity contribution is 5.91. The Morgan fingerprint density at radius 1 is 1.18 bits per heavy atom. The first kappa shape index (κ1) is 19.9. The Bertz CT molecular complexity index is 1090. The Balaban J connectivity index is 1.21. The van der Waals surface area contributed by atoms with Gasteiger partial charge in [0.1, 0.15) is 23.6 Å². The molecule has 6 heteroatoms. The highest BCUT2D eigenvalue weighted by Gasteiger charge is 2.85. The van der Waals surface area contributed by atoms with Crippen LogP contribution in [-0.4, -0.2) is 53.5 Å². The minimum atomic E-state index is -2.19. The summed E-state index contributed by atoms with van der Waals surface area (Å²) < 4.78 is 35.2. The van der Waals surface area contributed by atoms with Crippen LogP contribution < -0.4 is 0 Å². The number of epoxide rings is 1. The molecular weight excluding hydrogens is 432 g/mol. The lowest BCUT2D eigenvalue weighted by atomic mass is 9.42. The molecule has 3 saturated heterocycles. The van der Waals surface area contributed by atoms with Crippen LogP contribution in [-0.2, 0) is 23.8 Å². The van der Waals surface area contributed by atoms with Crippen molar-refractivity contribution in [3.05, 3.63) is 11.1 Å². The van der Waals surface area contributed by atoms with Crippen molar-refractivity contribution in [1.82, 2.24) is 0 Å². The average molecular weight is 473 g/mol. The molecule has 2 spiro atoms. The van der Waals surface area contributed by atoms with Crippen molar-refractivity contribution >= 4 is 11.8 Å². The Morgan fingerprint density at radius 3 is 2.74 bits per heavy atom. The number of fused-ring (bicyclic) bond motifs is 5. The number of Topliss-reactive ketones (excluding diaryl/α,β-unsaturated/α-hetero) is 1. The molecule has 8 aliphatic rings. The zero-order valence-electron chi connectivity index (χ0n) is 22.6. The van der Waals surface area contributed by atoms with E-state index in [1.165, 1.54) is 0 Å². The van der Waals surface area contributed by atoms with Crippen LogP contribution in [0.25, 0.3) is 0 Å². The summed E-state index contributed by atoms with van der Waals surface area (Å²) in [6, 6.07) is 0. The predicted molar refractivity (Wildman–Crippen MR) is 123 cm³/mol. The number of esters is 1. The van der Waals surface area contributed by atoms with Gasteiger partial charge in [-0.05, 0) is 81.0 Å². The summed E-state index contributed by atoms with van der Waals surface area (Å²) in [4.78, 5) is 26.3. The zero-order chi connectivity index (χ0) is 25.6. The van der Waals surface area contributed by atoms with E-state index in [1.54, 1.807) is 0 Å². The molecule has 2 bridgehead atoms. The van der Waals surface area contributed by atoms with Crippen LogP contribution in [0.1, 0.15) is 75.3 Å². The second kappa shape index (κ2) is 6.74. The fourth-order valence-corrected chi connectivity index (χ4v) is 10.0. The van der Waals surface area contributed by atoms with Crippen molar-refractivity contribution in [2.45, 2.75) is 103 Å². The van der Waals surface area contributed by atoms with Gasteiger partial charge < -0.3 is 19.3 Å². The summed E-state index contributed by atoms with van der Waals surface area (Å²) >= 11 is 0. The van der Waals surface area contributed by atoms with Gasteiger partial charge in [0.25, 0.3) is 0 Å². The van der Waals surface area contributed by atoms with Crippen molar-refractivity contribution in [1.29, 1.82) is 0 Å². The zero-order valence-corrected chi connectivity index (χ0v) is 20.6. The lowest BCUT2D eigenvalue weighted by molar-refractivity contribution is -0.244. The van der Waals surface area contributed by atoms with Gasteiger partial charge in [-0.1, -0.05) is 19.4 Å². The molecule has 0 aromatic carbocycles. The molecule has 4 saturated carbocycles. The standard InChI is InChI=1S/C28H38O6/c1-13-9-20(33-25(31)14(13)2)15(3)17-5-6-18-16-10-23-28(34-23)24(30)21-11-22(29)27(28,12-32-21)19(16)7-8-26(17,18)4/h15-21,23-24,30H,5-12H2,1-4H3/t15-,16-,17+,18-,19-,20+,21-,23+,24-,26+,27-,28-/m0/s1/i11D2. The van der Waals surface area contributed by atoms with Crippen LogP contribution in [0.4, 0.5) is 0 Å². The minimum absolute atomic E-state index is 0.0396. The fraction of sp³-hybridized carbons (Fsp3) is 0.857. The molecule has 0 amide bonds. The first-order valence-electron chi connectivity index (χ1n) is 14.3. The lowest BCUT2D eigenvalue weighted by Gasteiger charge is -2.62. The van der Waals surface area contributed by atoms with E-state index in [0.29, 0.717) is 11.8 Å². The van der Waals surface area contributed by atoms with E-state index in [2.05, 4.69) is 13.8 Å². The van der Waals surface area contributed by atoms with E-state index >= 15 is 0 Å². The third-order valence-electron chi connectivity index (χ3n) is 11.9. The third kappa shape index (κ3) is 2.35. The van der Waals surface area contributed by atoms with Gasteiger partial charge in [0.15, 0.2) is 0 Å². The molecule has 7 fully saturated rings. The van der Waals surface area contributed by atoms with Gasteiger partial charge in [0.2, 0.25) is 0 Å². The average Bonchev–Trinajstić information content (AvgIpc) is 3.45. The van der Waals surface area contributed by atoms with E-state index in [9.17, 15) is 14.7 Å². The van der Waals surface area contributed by atoms with Crippen molar-refractivity contribution in [3.8, 4) is 0 Å². The summed E-state index contributed by atoms with van der Waals surface area (Å²) in [6.07, 6.45) is 0.771. The summed E-state index contributed by atoms with van der Waals surface area (Å²) in [5.41, 5.74) is -0.131. The fourth-order valence-electron chi connectivity index (χ4n) is 10.0. The first-order chi connectivity index (χ1) is 16.9. The number of hydrogen-bond donors (Lipinski definition) is 1. The van der Waals surface area contributed by atoms with Crippen LogP contribution in [0.5, 0.6) is 0 Å². The number of aliphatic hydroxyl groups is 1. The molecule has 0 radical (unpaired) electrons. The van der Waals surface area contributed by atoms with E-state index in [4.69, 9.17) is 17.0 Å². The molecule has 8 rings (SSSR count). The van der Waals surface area contributed by atoms with Crippen LogP contribution in [0.15, 0.2) is 11.1 Å². The van der Waals surface area contributed by atoms with Crippen molar-refractivity contribution in [2.24, 2.45) is 40.4 Å². The van der Waals surface area contributed by atoms with Crippen molar-refractivity contribution in [2.75, 3.05) is 6.61 Å². The summed E-state index contributed by atoms with van der Waals surface area (Å²) in [6.45, 7) is 8.69. The molecule has 4 heterocycles. The van der Waals surface area contributed by atoms with Crippen LogP contribution in [0, 0.1) is 40.4 Å². The number of carbonyl (C=O) groups is 2. The van der Waals surface area contributed by atoms with E-state index in [0.717, 1.165) is 49.7 Å². The summed E-state index contributed by atoms with van der Waals surface area (Å²) in [5, 5.41) is 11.2. The second-order valence-electron chi connectivity index (χ2n) is 12.8. The normalized spacial score (nSPS) is 58.6. The smallest absolute Gasteiger partial charge is 0.333 e. The van der Waals surface area contributed by atoms with Crippen LogP contribution in [0.3, 0.4) is 0 Å². The van der Waals surface area contributed by atoms with Gasteiger partial charge in [-0.25, -0.2) is 4.79 Å². The predicted octanol–water partition coefficient (Wildman–Crippen LogP) is 3.59. The lowest BCUT2D eigenvalue weighted by Crippen LogP contribution is -2.74. The molecule has 0 unspecified atom stereocenters. The van der Waals surface area contributed by atoms with Gasteiger partial charge in [0, 0.05) is 21.1 Å². The number of cyclic esters (lactones) is 1. The number of hydrogen-bond acceptors (Lipinski definition) is 6. The van der Waals surface area contributed by atoms with Gasteiger partial charge >= 0.3 is 5.97 Å². The molecule has 0 aromatic rings. The maximum Gasteiger partial charge on any atom is 0.333 e. The Hall–Kier alpha value is -1.24. The molecule has 1 N–H and O–H groups in total. The highest BCUT2D eigenvalue weighted by Crippen LogP contribution is 2.75. The molecule has 4 aliphatic heterocycles. The minimum Gasteiger partial charge on any atom is -0.458 e. The molecule has 186 valence electrons.